The smallest absolute Gasteiger partial charge is 0.226 e. The molecule has 0 fully saturated rings. The van der Waals surface area contributed by atoms with Gasteiger partial charge < -0.3 is 15.1 Å². The normalized spacial score (nSPS) is 11.4. The quantitative estimate of drug-likeness (QED) is 0.271. The molecule has 0 aliphatic carbocycles. The Morgan fingerprint density at radius 2 is 1.96 bits per heavy atom. The van der Waals surface area contributed by atoms with Crippen molar-refractivity contribution in [1.29, 1.82) is 0 Å². The first-order valence-electron chi connectivity index (χ1n) is 9.12. The van der Waals surface area contributed by atoms with Crippen molar-refractivity contribution in [3.05, 3.63) is 58.4 Å². The molecule has 1 aromatic carbocycles. The van der Waals surface area contributed by atoms with Gasteiger partial charge in [0.1, 0.15) is 17.0 Å². The zero-order valence-electron chi connectivity index (χ0n) is 16.3. The van der Waals surface area contributed by atoms with Crippen LogP contribution in [0.15, 0.2) is 51.4 Å². The van der Waals surface area contributed by atoms with Crippen molar-refractivity contribution in [2.24, 2.45) is 4.99 Å². The number of hydrogen-bond acceptors (Lipinski definition) is 5. The third-order valence-electron chi connectivity index (χ3n) is 3.88. The van der Waals surface area contributed by atoms with Crippen LogP contribution in [0.3, 0.4) is 0 Å². The maximum absolute atomic E-state index is 5.57. The predicted molar refractivity (Wildman–Crippen MR) is 125 cm³/mol. The number of halogens is 1. The van der Waals surface area contributed by atoms with Crippen LogP contribution in [-0.2, 0) is 13.1 Å². The topological polar surface area (TPSA) is 75.3 Å². The summed E-state index contributed by atoms with van der Waals surface area (Å²) in [5, 5.41) is 9.75. The molecule has 0 amide bonds. The van der Waals surface area contributed by atoms with E-state index in [4.69, 9.17) is 4.42 Å². The first-order chi connectivity index (χ1) is 13.2. The predicted octanol–water partition coefficient (Wildman–Crippen LogP) is 4.79. The summed E-state index contributed by atoms with van der Waals surface area (Å²) in [4.78, 5) is 13.8. The molecule has 2 N–H and O–H groups in total. The van der Waals surface area contributed by atoms with Gasteiger partial charge in [-0.25, -0.2) is 15.0 Å². The molecule has 6 nitrogen and oxygen atoms in total. The average Bonchev–Trinajstić information content (AvgIpc) is 3.34. The van der Waals surface area contributed by atoms with Crippen molar-refractivity contribution in [2.75, 3.05) is 6.54 Å². The second kappa shape index (κ2) is 11.2. The minimum Gasteiger partial charge on any atom is -0.444 e. The summed E-state index contributed by atoms with van der Waals surface area (Å²) in [6.07, 6.45) is 1.66. The van der Waals surface area contributed by atoms with Crippen LogP contribution in [0.5, 0.6) is 0 Å². The van der Waals surface area contributed by atoms with Crippen molar-refractivity contribution in [2.45, 2.75) is 39.8 Å². The number of hydrogen-bond donors (Lipinski definition) is 2. The molecule has 0 unspecified atom stereocenters. The van der Waals surface area contributed by atoms with Crippen molar-refractivity contribution in [3.8, 4) is 11.5 Å². The zero-order chi connectivity index (χ0) is 19.1. The van der Waals surface area contributed by atoms with Gasteiger partial charge in [-0.3, -0.25) is 0 Å². The summed E-state index contributed by atoms with van der Waals surface area (Å²) in [7, 11) is 0. The lowest BCUT2D eigenvalue weighted by atomic mass is 10.2. The summed E-state index contributed by atoms with van der Waals surface area (Å²) in [5.74, 6) is 1.80. The molecule has 0 bridgehead atoms. The van der Waals surface area contributed by atoms with Crippen LogP contribution in [0.25, 0.3) is 11.5 Å². The highest BCUT2D eigenvalue weighted by molar-refractivity contribution is 14.0. The van der Waals surface area contributed by atoms with Gasteiger partial charge in [-0.1, -0.05) is 32.0 Å². The van der Waals surface area contributed by atoms with E-state index in [1.54, 1.807) is 17.6 Å². The number of aliphatic imine (C=N–C) groups is 1. The Morgan fingerprint density at radius 3 is 2.64 bits per heavy atom. The number of aromatic nitrogens is 2. The Balaban J connectivity index is 0.00000280. The van der Waals surface area contributed by atoms with Gasteiger partial charge in [-0.05, 0) is 25.0 Å². The number of oxazole rings is 1. The highest BCUT2D eigenvalue weighted by Crippen LogP contribution is 2.19. The Morgan fingerprint density at radius 1 is 1.18 bits per heavy atom. The van der Waals surface area contributed by atoms with Gasteiger partial charge in [0.05, 0.1) is 18.8 Å². The minimum atomic E-state index is 0. The van der Waals surface area contributed by atoms with Gasteiger partial charge in [0, 0.05) is 17.5 Å². The Bertz CT molecular complexity index is 876. The first kappa shape index (κ1) is 22.4. The summed E-state index contributed by atoms with van der Waals surface area (Å²) >= 11 is 1.67. The lowest BCUT2D eigenvalue weighted by Crippen LogP contribution is -2.36. The van der Waals surface area contributed by atoms with Gasteiger partial charge in [0.25, 0.3) is 0 Å². The molecule has 0 aliphatic rings. The van der Waals surface area contributed by atoms with Crippen molar-refractivity contribution >= 4 is 41.3 Å². The molecule has 0 saturated carbocycles. The molecule has 28 heavy (non-hydrogen) atoms. The van der Waals surface area contributed by atoms with E-state index >= 15 is 0 Å². The van der Waals surface area contributed by atoms with Crippen LogP contribution in [0.4, 0.5) is 0 Å². The van der Waals surface area contributed by atoms with E-state index in [-0.39, 0.29) is 24.0 Å². The summed E-state index contributed by atoms with van der Waals surface area (Å²) < 4.78 is 5.57. The molecule has 0 radical (unpaired) electrons. The SMILES string of the molecule is CCNC(=NCc1coc(-c2ccccc2)n1)NCc1nc(C(C)C)cs1.I. The standard InChI is InChI=1S/C20H25N5OS.HI/c1-4-21-20(23-11-18-25-17(13-27-18)14(2)3)22-10-16-12-26-19(24-16)15-8-6-5-7-9-15;/h5-9,12-14H,4,10-11H2,1-3H3,(H2,21,22,23);1H. The average molecular weight is 511 g/mol. The third-order valence-corrected chi connectivity index (χ3v) is 4.75. The lowest BCUT2D eigenvalue weighted by molar-refractivity contribution is 0.572. The van der Waals surface area contributed by atoms with E-state index in [2.05, 4.69) is 44.8 Å². The van der Waals surface area contributed by atoms with Crippen LogP contribution in [0.2, 0.25) is 0 Å². The molecular weight excluding hydrogens is 485 g/mol. The fourth-order valence-corrected chi connectivity index (χ4v) is 3.32. The molecular formula is C20H26IN5OS. The van der Waals surface area contributed by atoms with E-state index in [1.807, 2.05) is 37.3 Å². The highest BCUT2D eigenvalue weighted by atomic mass is 127. The molecule has 0 saturated heterocycles. The fourth-order valence-electron chi connectivity index (χ4n) is 2.43. The van der Waals surface area contributed by atoms with E-state index < -0.39 is 0 Å². The third kappa shape index (κ3) is 6.30. The van der Waals surface area contributed by atoms with Crippen LogP contribution in [-0.4, -0.2) is 22.5 Å². The maximum atomic E-state index is 5.57. The molecule has 8 heteroatoms. The summed E-state index contributed by atoms with van der Waals surface area (Å²) in [5.41, 5.74) is 2.89. The highest BCUT2D eigenvalue weighted by Gasteiger charge is 2.08. The molecule has 2 aromatic heterocycles. The second-order valence-electron chi connectivity index (χ2n) is 6.38. The maximum Gasteiger partial charge on any atom is 0.226 e. The van der Waals surface area contributed by atoms with Crippen LogP contribution < -0.4 is 10.6 Å². The molecule has 3 aromatic rings. The van der Waals surface area contributed by atoms with Gasteiger partial charge in [0.2, 0.25) is 5.89 Å². The van der Waals surface area contributed by atoms with E-state index in [9.17, 15) is 0 Å². The number of benzene rings is 1. The van der Waals surface area contributed by atoms with Crippen LogP contribution >= 0.6 is 35.3 Å². The number of thiazole rings is 1. The molecule has 3 rings (SSSR count). The van der Waals surface area contributed by atoms with Crippen LogP contribution in [0.1, 0.15) is 43.1 Å². The number of rotatable bonds is 7. The van der Waals surface area contributed by atoms with E-state index in [1.165, 1.54) is 0 Å². The number of guanidine groups is 1. The second-order valence-corrected chi connectivity index (χ2v) is 7.32. The number of nitrogens with one attached hydrogen (secondary N) is 2. The minimum absolute atomic E-state index is 0. The fraction of sp³-hybridized carbons (Fsp3) is 0.350. The van der Waals surface area contributed by atoms with E-state index in [0.29, 0.717) is 24.9 Å². The van der Waals surface area contributed by atoms with E-state index in [0.717, 1.165) is 34.5 Å². The molecule has 0 spiro atoms. The lowest BCUT2D eigenvalue weighted by Gasteiger charge is -2.09. The Kier molecular flexibility index (Phi) is 8.91. The van der Waals surface area contributed by atoms with Crippen LogP contribution in [0, 0.1) is 0 Å². The molecule has 2 heterocycles. The number of nitrogens with zero attached hydrogens (tertiary/aromatic N) is 3. The monoisotopic (exact) mass is 511 g/mol. The van der Waals surface area contributed by atoms with Crippen molar-refractivity contribution in [1.82, 2.24) is 20.6 Å². The molecule has 150 valence electrons. The zero-order valence-corrected chi connectivity index (χ0v) is 19.5. The van der Waals surface area contributed by atoms with Crippen molar-refractivity contribution < 1.29 is 4.42 Å². The van der Waals surface area contributed by atoms with Gasteiger partial charge in [-0.15, -0.1) is 35.3 Å². The first-order valence-corrected chi connectivity index (χ1v) is 10.00. The molecule has 0 aliphatic heterocycles. The summed E-state index contributed by atoms with van der Waals surface area (Å²) in [6.45, 7) is 8.23. The van der Waals surface area contributed by atoms with Gasteiger partial charge in [0.15, 0.2) is 5.96 Å². The van der Waals surface area contributed by atoms with Crippen molar-refractivity contribution in [3.63, 3.8) is 0 Å². The largest absolute Gasteiger partial charge is 0.444 e. The summed E-state index contributed by atoms with van der Waals surface area (Å²) in [6, 6.07) is 9.86. The molecule has 0 atom stereocenters. The van der Waals surface area contributed by atoms with Gasteiger partial charge >= 0.3 is 0 Å². The Labute approximate surface area is 186 Å². The Hall–Kier alpha value is -1.94. The van der Waals surface area contributed by atoms with Gasteiger partial charge in [-0.2, -0.15) is 0 Å².